The number of aryl methyl sites for hydroxylation is 2. The van der Waals surface area contributed by atoms with Gasteiger partial charge in [0.1, 0.15) is 17.9 Å². The number of methoxy groups -OCH3 is 1. The van der Waals surface area contributed by atoms with Gasteiger partial charge in [0, 0.05) is 10.4 Å². The molecular formula is C14H14ClNO3S. The van der Waals surface area contributed by atoms with Gasteiger partial charge in [-0.1, -0.05) is 11.6 Å². The maximum Gasteiger partial charge on any atom is 0.180 e. The second-order valence-electron chi connectivity index (χ2n) is 4.19. The number of benzene rings is 1. The first-order valence-corrected chi connectivity index (χ1v) is 7.13. The molecule has 2 rings (SSSR count). The highest BCUT2D eigenvalue weighted by molar-refractivity contribution is 7.11. The third-order valence-electron chi connectivity index (χ3n) is 2.80. The van der Waals surface area contributed by atoms with Crippen LogP contribution >= 0.6 is 22.9 Å². The second-order valence-corrected chi connectivity index (χ2v) is 5.88. The molecule has 0 saturated carbocycles. The molecule has 2 aromatic rings. The van der Waals surface area contributed by atoms with Crippen LogP contribution < -0.4 is 9.47 Å². The number of hydrogen-bond acceptors (Lipinski definition) is 5. The molecule has 1 aromatic carbocycles. The number of aromatic nitrogens is 1. The summed E-state index contributed by atoms with van der Waals surface area (Å²) in [6.07, 6.45) is 0.714. The minimum Gasteiger partial charge on any atom is -0.493 e. The van der Waals surface area contributed by atoms with Crippen molar-refractivity contribution in [2.75, 3.05) is 7.11 Å². The quantitative estimate of drug-likeness (QED) is 0.788. The van der Waals surface area contributed by atoms with Crippen LogP contribution in [-0.4, -0.2) is 18.4 Å². The number of rotatable bonds is 5. The Morgan fingerprint density at radius 1 is 1.40 bits per heavy atom. The lowest BCUT2D eigenvalue weighted by Gasteiger charge is -2.12. The summed E-state index contributed by atoms with van der Waals surface area (Å²) in [6, 6.07) is 3.14. The Balaban J connectivity index is 2.22. The summed E-state index contributed by atoms with van der Waals surface area (Å²) in [5.74, 6) is 0.856. The van der Waals surface area contributed by atoms with E-state index < -0.39 is 0 Å². The maximum atomic E-state index is 10.8. The third-order valence-corrected chi connectivity index (χ3v) is 4.13. The maximum absolute atomic E-state index is 10.8. The van der Waals surface area contributed by atoms with E-state index in [9.17, 15) is 4.79 Å². The summed E-state index contributed by atoms with van der Waals surface area (Å²) >= 11 is 7.70. The predicted octanol–water partition coefficient (Wildman–Crippen LogP) is 3.81. The van der Waals surface area contributed by atoms with Crippen LogP contribution in [-0.2, 0) is 6.61 Å². The highest BCUT2D eigenvalue weighted by atomic mass is 35.5. The Morgan fingerprint density at radius 2 is 2.15 bits per heavy atom. The summed E-state index contributed by atoms with van der Waals surface area (Å²) in [7, 11) is 1.50. The van der Waals surface area contributed by atoms with E-state index in [4.69, 9.17) is 21.1 Å². The van der Waals surface area contributed by atoms with Gasteiger partial charge in [0.25, 0.3) is 0 Å². The predicted molar refractivity (Wildman–Crippen MR) is 79.3 cm³/mol. The van der Waals surface area contributed by atoms with Crippen molar-refractivity contribution < 1.29 is 14.3 Å². The molecule has 6 heteroatoms. The molecule has 0 fully saturated rings. The van der Waals surface area contributed by atoms with E-state index in [1.54, 1.807) is 23.5 Å². The van der Waals surface area contributed by atoms with Crippen molar-refractivity contribution in [3.05, 3.63) is 38.3 Å². The van der Waals surface area contributed by atoms with Gasteiger partial charge in [0.05, 0.1) is 17.8 Å². The molecule has 0 amide bonds. The molecule has 0 bridgehead atoms. The summed E-state index contributed by atoms with van der Waals surface area (Å²) in [6.45, 7) is 4.29. The van der Waals surface area contributed by atoms with Crippen LogP contribution in [0.1, 0.15) is 25.9 Å². The van der Waals surface area contributed by atoms with Crippen molar-refractivity contribution in [2.24, 2.45) is 0 Å². The second kappa shape index (κ2) is 6.24. The Labute approximate surface area is 126 Å². The first kappa shape index (κ1) is 14.8. The fraction of sp³-hybridized carbons (Fsp3) is 0.286. The smallest absolute Gasteiger partial charge is 0.180 e. The first-order chi connectivity index (χ1) is 9.55. The fourth-order valence-corrected chi connectivity index (χ4v) is 2.80. The van der Waals surface area contributed by atoms with Crippen LogP contribution in [0.3, 0.4) is 0 Å². The number of nitrogens with zero attached hydrogens (tertiary/aromatic N) is 1. The SMILES string of the molecule is COc1cc(C=O)cc(Cl)c1OCc1nc(C)c(C)s1. The molecule has 0 aliphatic rings. The fourth-order valence-electron chi connectivity index (χ4n) is 1.68. The van der Waals surface area contributed by atoms with E-state index in [1.807, 2.05) is 13.8 Å². The molecular weight excluding hydrogens is 298 g/mol. The topological polar surface area (TPSA) is 48.4 Å². The molecule has 0 saturated heterocycles. The molecule has 0 N–H and O–H groups in total. The molecule has 0 aliphatic heterocycles. The van der Waals surface area contributed by atoms with E-state index in [2.05, 4.69) is 4.98 Å². The molecule has 20 heavy (non-hydrogen) atoms. The van der Waals surface area contributed by atoms with Crippen LogP contribution in [0.4, 0.5) is 0 Å². The van der Waals surface area contributed by atoms with Crippen molar-refractivity contribution in [1.82, 2.24) is 4.98 Å². The van der Waals surface area contributed by atoms with E-state index >= 15 is 0 Å². The average Bonchev–Trinajstić information content (AvgIpc) is 2.75. The van der Waals surface area contributed by atoms with Gasteiger partial charge in [0.15, 0.2) is 11.5 Å². The largest absolute Gasteiger partial charge is 0.493 e. The summed E-state index contributed by atoms with van der Waals surface area (Å²) in [4.78, 5) is 16.4. The van der Waals surface area contributed by atoms with E-state index in [0.29, 0.717) is 35.0 Å². The van der Waals surface area contributed by atoms with Crippen LogP contribution in [0.15, 0.2) is 12.1 Å². The zero-order chi connectivity index (χ0) is 14.7. The normalized spacial score (nSPS) is 10.4. The monoisotopic (exact) mass is 311 g/mol. The summed E-state index contributed by atoms with van der Waals surface area (Å²) < 4.78 is 10.9. The Morgan fingerprint density at radius 3 is 2.70 bits per heavy atom. The number of thiazole rings is 1. The molecule has 0 spiro atoms. The van der Waals surface area contributed by atoms with E-state index in [1.165, 1.54) is 7.11 Å². The van der Waals surface area contributed by atoms with Crippen molar-refractivity contribution in [2.45, 2.75) is 20.5 Å². The Hall–Kier alpha value is -1.59. The van der Waals surface area contributed by atoms with Gasteiger partial charge < -0.3 is 9.47 Å². The van der Waals surface area contributed by atoms with Crippen LogP contribution in [0.5, 0.6) is 11.5 Å². The van der Waals surface area contributed by atoms with Gasteiger partial charge in [-0.2, -0.15) is 0 Å². The average molecular weight is 312 g/mol. The summed E-state index contributed by atoms with van der Waals surface area (Å²) in [5.41, 5.74) is 1.45. The van der Waals surface area contributed by atoms with Gasteiger partial charge >= 0.3 is 0 Å². The van der Waals surface area contributed by atoms with Gasteiger partial charge in [0.2, 0.25) is 0 Å². The van der Waals surface area contributed by atoms with Crippen molar-refractivity contribution >= 4 is 29.2 Å². The first-order valence-electron chi connectivity index (χ1n) is 5.93. The molecule has 0 aliphatic carbocycles. The number of hydrogen-bond donors (Lipinski definition) is 0. The zero-order valence-electron chi connectivity index (χ0n) is 11.4. The lowest BCUT2D eigenvalue weighted by Crippen LogP contribution is -1.99. The molecule has 1 heterocycles. The lowest BCUT2D eigenvalue weighted by atomic mass is 10.2. The highest BCUT2D eigenvalue weighted by Crippen LogP contribution is 2.36. The molecule has 0 atom stereocenters. The standard InChI is InChI=1S/C14H14ClNO3S/c1-8-9(2)20-13(16-8)7-19-14-11(15)4-10(6-17)5-12(14)18-3/h4-6H,7H2,1-3H3. The zero-order valence-corrected chi connectivity index (χ0v) is 13.0. The number of halogens is 1. The van der Waals surface area contributed by atoms with E-state index in [-0.39, 0.29) is 0 Å². The van der Waals surface area contributed by atoms with Crippen LogP contribution in [0.25, 0.3) is 0 Å². The Kier molecular flexibility index (Phi) is 4.62. The summed E-state index contributed by atoms with van der Waals surface area (Å²) in [5, 5.41) is 1.22. The molecule has 1 aromatic heterocycles. The minimum absolute atomic E-state index is 0.315. The van der Waals surface area contributed by atoms with Gasteiger partial charge in [-0.15, -0.1) is 11.3 Å². The molecule has 4 nitrogen and oxygen atoms in total. The van der Waals surface area contributed by atoms with Gasteiger partial charge in [-0.05, 0) is 26.0 Å². The number of carbonyl (C=O) groups is 1. The molecule has 0 radical (unpaired) electrons. The minimum atomic E-state index is 0.315. The lowest BCUT2D eigenvalue weighted by molar-refractivity contribution is 0.112. The van der Waals surface area contributed by atoms with E-state index in [0.717, 1.165) is 15.6 Å². The molecule has 106 valence electrons. The van der Waals surface area contributed by atoms with Crippen molar-refractivity contribution in [3.8, 4) is 11.5 Å². The third kappa shape index (κ3) is 3.11. The van der Waals surface area contributed by atoms with Crippen LogP contribution in [0.2, 0.25) is 5.02 Å². The van der Waals surface area contributed by atoms with Crippen molar-refractivity contribution in [3.63, 3.8) is 0 Å². The molecule has 0 unspecified atom stereocenters. The number of carbonyl (C=O) groups excluding carboxylic acids is 1. The van der Waals surface area contributed by atoms with Gasteiger partial charge in [-0.25, -0.2) is 4.98 Å². The number of aldehydes is 1. The number of ether oxygens (including phenoxy) is 2. The van der Waals surface area contributed by atoms with Crippen LogP contribution in [0, 0.1) is 13.8 Å². The highest BCUT2D eigenvalue weighted by Gasteiger charge is 2.13. The Bertz CT molecular complexity index is 620. The van der Waals surface area contributed by atoms with Crippen molar-refractivity contribution in [1.29, 1.82) is 0 Å². The van der Waals surface area contributed by atoms with Gasteiger partial charge in [-0.3, -0.25) is 4.79 Å².